The monoisotopic (exact) mass is 370 g/mol. The van der Waals surface area contributed by atoms with Crippen molar-refractivity contribution in [3.63, 3.8) is 0 Å². The number of rotatable bonds is 3. The van der Waals surface area contributed by atoms with E-state index < -0.39 is 0 Å². The second-order valence-electron chi connectivity index (χ2n) is 4.17. The number of hydrogen-bond acceptors (Lipinski definition) is 3. The first-order valence-corrected chi connectivity index (χ1v) is 7.35. The maximum absolute atomic E-state index is 6.13. The summed E-state index contributed by atoms with van der Waals surface area (Å²) in [4.78, 5) is 8.43. The number of fused-ring (bicyclic) bond motifs is 1. The van der Waals surface area contributed by atoms with Crippen LogP contribution in [0.2, 0.25) is 10.0 Å². The summed E-state index contributed by atoms with van der Waals surface area (Å²) in [6.07, 6.45) is 5.39. The van der Waals surface area contributed by atoms with Crippen LogP contribution >= 0.6 is 39.1 Å². The first-order chi connectivity index (χ1) is 9.63. The van der Waals surface area contributed by atoms with Crippen LogP contribution in [0.25, 0.3) is 5.65 Å². The molecule has 0 aliphatic rings. The molecule has 0 saturated heterocycles. The van der Waals surface area contributed by atoms with Gasteiger partial charge in [-0.1, -0.05) is 23.2 Å². The van der Waals surface area contributed by atoms with Gasteiger partial charge in [0, 0.05) is 11.2 Å². The summed E-state index contributed by atoms with van der Waals surface area (Å²) >= 11 is 15.4. The van der Waals surface area contributed by atoms with E-state index in [4.69, 9.17) is 23.2 Å². The number of halogens is 3. The Hall–Kier alpha value is -1.30. The minimum Gasteiger partial charge on any atom is -0.378 e. The Bertz CT molecular complexity index is 772. The number of aromatic nitrogens is 3. The summed E-state index contributed by atoms with van der Waals surface area (Å²) in [5.74, 6) is 0. The largest absolute Gasteiger partial charge is 0.378 e. The molecule has 0 amide bonds. The average Bonchev–Trinajstić information content (AvgIpc) is 2.80. The molecule has 0 fully saturated rings. The van der Waals surface area contributed by atoms with Crippen LogP contribution in [0.3, 0.4) is 0 Å². The molecule has 3 rings (SSSR count). The minimum atomic E-state index is 0.592. The van der Waals surface area contributed by atoms with Crippen molar-refractivity contribution in [2.45, 2.75) is 6.54 Å². The summed E-state index contributed by atoms with van der Waals surface area (Å²) in [7, 11) is 0. The Balaban J connectivity index is 1.85. The summed E-state index contributed by atoms with van der Waals surface area (Å²) < 4.78 is 2.72. The zero-order valence-electron chi connectivity index (χ0n) is 10.1. The Morgan fingerprint density at radius 2 is 2.05 bits per heavy atom. The minimum absolute atomic E-state index is 0.592. The maximum Gasteiger partial charge on any atom is 0.155 e. The van der Waals surface area contributed by atoms with Crippen LogP contribution in [0.4, 0.5) is 5.69 Å². The van der Waals surface area contributed by atoms with Crippen molar-refractivity contribution in [1.29, 1.82) is 0 Å². The number of nitrogens with zero attached hydrogens (tertiary/aromatic N) is 3. The highest BCUT2D eigenvalue weighted by Gasteiger charge is 2.06. The van der Waals surface area contributed by atoms with Crippen molar-refractivity contribution in [3.8, 4) is 0 Å². The molecule has 0 aliphatic heterocycles. The highest BCUT2D eigenvalue weighted by atomic mass is 79.9. The van der Waals surface area contributed by atoms with Crippen molar-refractivity contribution in [3.05, 3.63) is 57.1 Å². The second-order valence-corrected chi connectivity index (χ2v) is 5.82. The van der Waals surface area contributed by atoms with Gasteiger partial charge in [0.05, 0.1) is 35.3 Å². The number of hydrogen-bond donors (Lipinski definition) is 1. The van der Waals surface area contributed by atoms with E-state index >= 15 is 0 Å². The fourth-order valence-electron chi connectivity index (χ4n) is 1.87. The Morgan fingerprint density at radius 3 is 2.85 bits per heavy atom. The summed E-state index contributed by atoms with van der Waals surface area (Å²) in [5, 5.41) is 4.47. The third-order valence-corrected chi connectivity index (χ3v) is 3.79. The number of benzene rings is 1. The quantitative estimate of drug-likeness (QED) is 0.741. The van der Waals surface area contributed by atoms with E-state index in [0.29, 0.717) is 16.6 Å². The van der Waals surface area contributed by atoms with Gasteiger partial charge < -0.3 is 5.32 Å². The van der Waals surface area contributed by atoms with Gasteiger partial charge in [-0.25, -0.2) is 9.97 Å². The lowest BCUT2D eigenvalue weighted by Gasteiger charge is -2.08. The van der Waals surface area contributed by atoms with Gasteiger partial charge in [0.15, 0.2) is 5.65 Å². The lowest BCUT2D eigenvalue weighted by Crippen LogP contribution is -2.03. The van der Waals surface area contributed by atoms with E-state index in [0.717, 1.165) is 21.6 Å². The van der Waals surface area contributed by atoms with Crippen molar-refractivity contribution in [1.82, 2.24) is 14.4 Å². The maximum atomic E-state index is 6.13. The van der Waals surface area contributed by atoms with Crippen LogP contribution in [-0.4, -0.2) is 14.4 Å². The van der Waals surface area contributed by atoms with Crippen LogP contribution < -0.4 is 5.32 Å². The molecule has 20 heavy (non-hydrogen) atoms. The van der Waals surface area contributed by atoms with Crippen LogP contribution in [0.5, 0.6) is 0 Å². The molecule has 0 bridgehead atoms. The van der Waals surface area contributed by atoms with Gasteiger partial charge in [0.2, 0.25) is 0 Å². The molecule has 1 aromatic carbocycles. The van der Waals surface area contributed by atoms with Gasteiger partial charge in [-0.2, -0.15) is 0 Å². The summed E-state index contributed by atoms with van der Waals surface area (Å²) in [6, 6.07) is 5.36. The van der Waals surface area contributed by atoms with Crippen molar-refractivity contribution >= 4 is 50.5 Å². The molecule has 4 nitrogen and oxygen atoms in total. The topological polar surface area (TPSA) is 42.2 Å². The first-order valence-electron chi connectivity index (χ1n) is 5.80. The molecule has 102 valence electrons. The highest BCUT2D eigenvalue weighted by Crippen LogP contribution is 2.25. The predicted octanol–water partition coefficient (Wildman–Crippen LogP) is 4.41. The molecular formula is C13H9BrCl2N4. The molecule has 0 aliphatic carbocycles. The van der Waals surface area contributed by atoms with Crippen LogP contribution in [0.1, 0.15) is 5.69 Å². The fourth-order valence-corrected chi connectivity index (χ4v) is 2.65. The SMILES string of the molecule is Clc1ccc(NCc2cnc3cnc(Br)cn23)c(Cl)c1. The lowest BCUT2D eigenvalue weighted by atomic mass is 10.3. The van der Waals surface area contributed by atoms with Crippen LogP contribution in [-0.2, 0) is 6.54 Å². The van der Waals surface area contributed by atoms with Crippen molar-refractivity contribution in [2.24, 2.45) is 0 Å². The summed E-state index contributed by atoms with van der Waals surface area (Å²) in [5.41, 5.74) is 2.64. The first kappa shape index (κ1) is 13.7. The zero-order chi connectivity index (χ0) is 14.1. The molecule has 0 radical (unpaired) electrons. The standard InChI is InChI=1S/C13H9BrCl2N4/c14-12-7-20-9(5-19-13(20)6-18-12)4-17-11-2-1-8(15)3-10(11)16/h1-3,5-7,17H,4H2. The van der Waals surface area contributed by atoms with Crippen molar-refractivity contribution in [2.75, 3.05) is 5.32 Å². The zero-order valence-corrected chi connectivity index (χ0v) is 13.2. The highest BCUT2D eigenvalue weighted by molar-refractivity contribution is 9.10. The molecule has 3 aromatic rings. The molecule has 0 unspecified atom stereocenters. The van der Waals surface area contributed by atoms with Gasteiger partial charge in [-0.05, 0) is 34.1 Å². The molecule has 2 aromatic heterocycles. The van der Waals surface area contributed by atoms with E-state index in [-0.39, 0.29) is 0 Å². The van der Waals surface area contributed by atoms with Crippen LogP contribution in [0, 0.1) is 0 Å². The van der Waals surface area contributed by atoms with Gasteiger partial charge in [-0.3, -0.25) is 4.40 Å². The Labute approximate surface area is 133 Å². The van der Waals surface area contributed by atoms with E-state index in [1.807, 2.05) is 16.7 Å². The van der Waals surface area contributed by atoms with E-state index in [1.54, 1.807) is 24.5 Å². The smallest absolute Gasteiger partial charge is 0.155 e. The number of anilines is 1. The van der Waals surface area contributed by atoms with Gasteiger partial charge in [0.25, 0.3) is 0 Å². The third-order valence-electron chi connectivity index (χ3n) is 2.83. The van der Waals surface area contributed by atoms with E-state index in [9.17, 15) is 0 Å². The van der Waals surface area contributed by atoms with Crippen LogP contribution in [0.15, 0.2) is 41.4 Å². The molecule has 0 spiro atoms. The second kappa shape index (κ2) is 5.60. The number of nitrogens with one attached hydrogen (secondary N) is 1. The Kier molecular flexibility index (Phi) is 3.83. The molecule has 0 saturated carbocycles. The molecule has 7 heteroatoms. The predicted molar refractivity (Wildman–Crippen MR) is 84.5 cm³/mol. The number of imidazole rings is 1. The van der Waals surface area contributed by atoms with Gasteiger partial charge in [0.1, 0.15) is 4.60 Å². The lowest BCUT2D eigenvalue weighted by molar-refractivity contribution is 0.983. The summed E-state index contributed by atoms with van der Waals surface area (Å²) in [6.45, 7) is 0.596. The van der Waals surface area contributed by atoms with E-state index in [1.165, 1.54) is 0 Å². The molecule has 2 heterocycles. The molecule has 1 N–H and O–H groups in total. The van der Waals surface area contributed by atoms with Gasteiger partial charge >= 0.3 is 0 Å². The average molecular weight is 372 g/mol. The van der Waals surface area contributed by atoms with E-state index in [2.05, 4.69) is 31.2 Å². The molecule has 0 atom stereocenters. The fraction of sp³-hybridized carbons (Fsp3) is 0.0769. The van der Waals surface area contributed by atoms with Gasteiger partial charge in [-0.15, -0.1) is 0 Å². The third kappa shape index (κ3) is 2.75. The Morgan fingerprint density at radius 1 is 1.20 bits per heavy atom. The molecular weight excluding hydrogens is 363 g/mol. The van der Waals surface area contributed by atoms with Crippen molar-refractivity contribution < 1.29 is 0 Å². The normalized spacial score (nSPS) is 10.9.